The molecule has 0 aromatic heterocycles. The van der Waals surface area contributed by atoms with Gasteiger partial charge in [-0.2, -0.15) is 0 Å². The Balaban J connectivity index is 2.13. The summed E-state index contributed by atoms with van der Waals surface area (Å²) < 4.78 is 4.55. The van der Waals surface area contributed by atoms with Crippen LogP contribution in [0.4, 0.5) is 0 Å². The molecule has 0 bridgehead atoms. The zero-order chi connectivity index (χ0) is 10.3. The highest BCUT2D eigenvalue weighted by Gasteiger charge is 2.44. The second-order valence-electron chi connectivity index (χ2n) is 3.53. The lowest BCUT2D eigenvalue weighted by molar-refractivity contribution is 0.162. The summed E-state index contributed by atoms with van der Waals surface area (Å²) in [6.07, 6.45) is 3.48. The SMILES string of the molecule is ClC(Cl)(Cl)C1=NC2CCCC(I)C2O1. The summed E-state index contributed by atoms with van der Waals surface area (Å²) in [7, 11) is 0. The predicted octanol–water partition coefficient (Wildman–Crippen LogP) is 3.51. The quantitative estimate of drug-likeness (QED) is 0.474. The van der Waals surface area contributed by atoms with Crippen LogP contribution in [-0.2, 0) is 4.74 Å². The third kappa shape index (κ3) is 2.25. The molecule has 1 fully saturated rings. The number of hydrogen-bond acceptors (Lipinski definition) is 2. The summed E-state index contributed by atoms with van der Waals surface area (Å²) >= 11 is 19.6. The zero-order valence-corrected chi connectivity index (χ0v) is 11.6. The average molecular weight is 368 g/mol. The second kappa shape index (κ2) is 4.15. The maximum atomic E-state index is 5.72. The summed E-state index contributed by atoms with van der Waals surface area (Å²) in [4.78, 5) is 4.33. The van der Waals surface area contributed by atoms with Crippen molar-refractivity contribution >= 4 is 63.3 Å². The van der Waals surface area contributed by atoms with Gasteiger partial charge in [-0.3, -0.25) is 0 Å². The van der Waals surface area contributed by atoms with Gasteiger partial charge in [-0.15, -0.1) is 0 Å². The lowest BCUT2D eigenvalue weighted by Crippen LogP contribution is -2.36. The van der Waals surface area contributed by atoms with Gasteiger partial charge >= 0.3 is 0 Å². The van der Waals surface area contributed by atoms with Crippen molar-refractivity contribution < 1.29 is 4.74 Å². The molecule has 2 nitrogen and oxygen atoms in total. The first-order valence-corrected chi connectivity index (χ1v) is 6.82. The zero-order valence-electron chi connectivity index (χ0n) is 7.22. The molecule has 0 amide bonds. The van der Waals surface area contributed by atoms with Crippen molar-refractivity contribution in [3.05, 3.63) is 0 Å². The molecule has 3 unspecified atom stereocenters. The van der Waals surface area contributed by atoms with Crippen LogP contribution in [0, 0.1) is 0 Å². The first-order chi connectivity index (χ1) is 6.48. The lowest BCUT2D eigenvalue weighted by Gasteiger charge is -2.27. The molecule has 14 heavy (non-hydrogen) atoms. The van der Waals surface area contributed by atoms with Crippen LogP contribution in [0.1, 0.15) is 19.3 Å². The predicted molar refractivity (Wildman–Crippen MR) is 68.0 cm³/mol. The largest absolute Gasteiger partial charge is 0.471 e. The van der Waals surface area contributed by atoms with Crippen molar-refractivity contribution in [2.24, 2.45) is 4.99 Å². The summed E-state index contributed by atoms with van der Waals surface area (Å²) in [5, 5.41) is 0. The topological polar surface area (TPSA) is 21.6 Å². The van der Waals surface area contributed by atoms with E-state index < -0.39 is 3.79 Å². The Morgan fingerprint density at radius 3 is 2.64 bits per heavy atom. The fourth-order valence-electron chi connectivity index (χ4n) is 1.83. The van der Waals surface area contributed by atoms with Gasteiger partial charge < -0.3 is 4.74 Å². The van der Waals surface area contributed by atoms with Crippen LogP contribution in [0.2, 0.25) is 0 Å². The van der Waals surface area contributed by atoms with Gasteiger partial charge in [0.2, 0.25) is 5.90 Å². The Bertz CT molecular complexity index is 266. The van der Waals surface area contributed by atoms with Crippen molar-refractivity contribution in [2.75, 3.05) is 0 Å². The molecule has 0 spiro atoms. The van der Waals surface area contributed by atoms with E-state index in [9.17, 15) is 0 Å². The van der Waals surface area contributed by atoms with E-state index in [1.807, 2.05) is 0 Å². The molecule has 2 aliphatic rings. The van der Waals surface area contributed by atoms with Gasteiger partial charge in [-0.1, -0.05) is 57.4 Å². The Hall–Kier alpha value is 1.07. The number of alkyl halides is 4. The summed E-state index contributed by atoms with van der Waals surface area (Å²) in [5.41, 5.74) is 0. The number of ether oxygens (including phenoxy) is 1. The molecular formula is C8H9Cl3INO. The van der Waals surface area contributed by atoms with Crippen LogP contribution in [0.15, 0.2) is 4.99 Å². The van der Waals surface area contributed by atoms with Crippen LogP contribution < -0.4 is 0 Å². The molecule has 3 atom stereocenters. The summed E-state index contributed by atoms with van der Waals surface area (Å²) in [5.74, 6) is 0.265. The van der Waals surface area contributed by atoms with Crippen LogP contribution in [0.3, 0.4) is 0 Å². The molecule has 0 aromatic carbocycles. The lowest BCUT2D eigenvalue weighted by atomic mass is 9.93. The molecule has 2 rings (SSSR count). The van der Waals surface area contributed by atoms with E-state index in [0.29, 0.717) is 3.92 Å². The molecular weight excluding hydrogens is 359 g/mol. The molecule has 1 aliphatic carbocycles. The molecule has 6 heteroatoms. The highest BCUT2D eigenvalue weighted by molar-refractivity contribution is 14.1. The van der Waals surface area contributed by atoms with E-state index in [4.69, 9.17) is 39.5 Å². The van der Waals surface area contributed by atoms with Crippen LogP contribution in [0.25, 0.3) is 0 Å². The van der Waals surface area contributed by atoms with Gasteiger partial charge in [-0.05, 0) is 19.3 Å². The van der Waals surface area contributed by atoms with E-state index in [1.165, 1.54) is 6.42 Å². The van der Waals surface area contributed by atoms with Crippen molar-refractivity contribution in [3.63, 3.8) is 0 Å². The first kappa shape index (κ1) is 11.6. The van der Waals surface area contributed by atoms with Crippen LogP contribution in [-0.4, -0.2) is 25.8 Å². The fraction of sp³-hybridized carbons (Fsp3) is 0.875. The first-order valence-electron chi connectivity index (χ1n) is 4.44. The number of fused-ring (bicyclic) bond motifs is 1. The number of nitrogens with zero attached hydrogens (tertiary/aromatic N) is 1. The minimum atomic E-state index is -1.51. The number of rotatable bonds is 0. The maximum Gasteiger partial charge on any atom is 0.266 e. The van der Waals surface area contributed by atoms with Crippen molar-refractivity contribution in [1.29, 1.82) is 0 Å². The van der Waals surface area contributed by atoms with E-state index in [2.05, 4.69) is 27.6 Å². The minimum Gasteiger partial charge on any atom is -0.471 e. The number of aliphatic imine (C=N–C) groups is 1. The van der Waals surface area contributed by atoms with Gasteiger partial charge in [0.15, 0.2) is 0 Å². The Kier molecular flexibility index (Phi) is 3.42. The second-order valence-corrected chi connectivity index (χ2v) is 7.41. The highest BCUT2D eigenvalue weighted by Crippen LogP contribution is 2.39. The fourth-order valence-corrected chi connectivity index (χ4v) is 3.18. The van der Waals surface area contributed by atoms with Crippen molar-refractivity contribution in [3.8, 4) is 0 Å². The molecule has 1 aliphatic heterocycles. The van der Waals surface area contributed by atoms with E-state index in [-0.39, 0.29) is 18.0 Å². The van der Waals surface area contributed by atoms with E-state index in [0.717, 1.165) is 12.8 Å². The molecule has 0 saturated heterocycles. The van der Waals surface area contributed by atoms with Crippen LogP contribution >= 0.6 is 57.4 Å². The molecule has 0 N–H and O–H groups in total. The number of hydrogen-bond donors (Lipinski definition) is 0. The van der Waals surface area contributed by atoms with Gasteiger partial charge in [0.05, 0.1) is 9.97 Å². The maximum absolute atomic E-state index is 5.72. The van der Waals surface area contributed by atoms with Crippen molar-refractivity contribution in [1.82, 2.24) is 0 Å². The minimum absolute atomic E-state index is 0.106. The van der Waals surface area contributed by atoms with Gasteiger partial charge in [0, 0.05) is 0 Å². The third-order valence-electron chi connectivity index (χ3n) is 2.49. The Labute approximate surface area is 111 Å². The average Bonchev–Trinajstić information content (AvgIpc) is 2.48. The molecule has 1 heterocycles. The highest BCUT2D eigenvalue weighted by atomic mass is 127. The smallest absolute Gasteiger partial charge is 0.266 e. The Morgan fingerprint density at radius 2 is 2.07 bits per heavy atom. The standard InChI is InChI=1S/C8H9Cl3INO/c9-8(10,11)7-13-5-3-1-2-4(12)6(5)14-7/h4-6H,1-3H2. The molecule has 1 saturated carbocycles. The number of halogens is 4. The summed E-state index contributed by atoms with van der Waals surface area (Å²) in [6, 6.07) is 0.191. The Morgan fingerprint density at radius 1 is 1.36 bits per heavy atom. The van der Waals surface area contributed by atoms with Crippen molar-refractivity contribution in [2.45, 2.75) is 39.1 Å². The molecule has 0 radical (unpaired) electrons. The monoisotopic (exact) mass is 367 g/mol. The van der Waals surface area contributed by atoms with Gasteiger partial charge in [0.25, 0.3) is 3.79 Å². The van der Waals surface area contributed by atoms with E-state index in [1.54, 1.807) is 0 Å². The summed E-state index contributed by atoms with van der Waals surface area (Å²) in [6.45, 7) is 0. The van der Waals surface area contributed by atoms with E-state index >= 15 is 0 Å². The molecule has 0 aromatic rings. The normalized spacial score (nSPS) is 37.4. The van der Waals surface area contributed by atoms with Crippen LogP contribution in [0.5, 0.6) is 0 Å². The third-order valence-corrected chi connectivity index (χ3v) is 4.31. The van der Waals surface area contributed by atoms with Gasteiger partial charge in [-0.25, -0.2) is 4.99 Å². The molecule has 80 valence electrons. The van der Waals surface area contributed by atoms with Gasteiger partial charge in [0.1, 0.15) is 6.10 Å².